The summed E-state index contributed by atoms with van der Waals surface area (Å²) in [6, 6.07) is 11.4. The van der Waals surface area contributed by atoms with Crippen molar-refractivity contribution in [2.75, 3.05) is 5.32 Å². The van der Waals surface area contributed by atoms with Gasteiger partial charge in [0.25, 0.3) is 0 Å². The Balaban J connectivity index is 2.24. The second-order valence-corrected chi connectivity index (χ2v) is 4.86. The van der Waals surface area contributed by atoms with E-state index in [1.807, 2.05) is 0 Å². The molecule has 0 amide bonds. The number of nitrogens with one attached hydrogen (secondary N) is 1. The van der Waals surface area contributed by atoms with Crippen LogP contribution in [0.4, 0.5) is 18.9 Å². The third-order valence-corrected chi connectivity index (χ3v) is 3.28. The molecule has 5 heteroatoms. The monoisotopic (exact) mass is 307 g/mol. The van der Waals surface area contributed by atoms with Gasteiger partial charge in [-0.05, 0) is 36.2 Å². The molecule has 22 heavy (non-hydrogen) atoms. The van der Waals surface area contributed by atoms with E-state index in [4.69, 9.17) is 0 Å². The summed E-state index contributed by atoms with van der Waals surface area (Å²) in [5.41, 5.74) is 0.529. The molecule has 0 fully saturated rings. The van der Waals surface area contributed by atoms with Crippen LogP contribution in [0.5, 0.6) is 5.75 Å². The van der Waals surface area contributed by atoms with E-state index in [1.54, 1.807) is 30.3 Å². The second-order valence-electron chi connectivity index (χ2n) is 4.86. The van der Waals surface area contributed by atoms with Crippen LogP contribution < -0.4 is 5.32 Å². The minimum Gasteiger partial charge on any atom is -0.506 e. The van der Waals surface area contributed by atoms with Gasteiger partial charge in [0, 0.05) is 0 Å². The van der Waals surface area contributed by atoms with Gasteiger partial charge in [-0.1, -0.05) is 30.3 Å². The van der Waals surface area contributed by atoms with Gasteiger partial charge >= 0.3 is 6.18 Å². The molecule has 0 saturated heterocycles. The molecule has 2 N–H and O–H groups in total. The average Bonchev–Trinajstić information content (AvgIpc) is 2.48. The maximum atomic E-state index is 12.6. The number of alkyl halides is 3. The van der Waals surface area contributed by atoms with Crippen molar-refractivity contribution in [1.82, 2.24) is 0 Å². The first-order valence-corrected chi connectivity index (χ1v) is 6.74. The van der Waals surface area contributed by atoms with Gasteiger partial charge in [-0.2, -0.15) is 13.2 Å². The van der Waals surface area contributed by atoms with Crippen molar-refractivity contribution >= 4 is 5.69 Å². The quantitative estimate of drug-likeness (QED) is 0.592. The van der Waals surface area contributed by atoms with Gasteiger partial charge in [-0.15, -0.1) is 6.58 Å². The Kier molecular flexibility index (Phi) is 4.75. The third-order valence-electron chi connectivity index (χ3n) is 3.28. The summed E-state index contributed by atoms with van der Waals surface area (Å²) in [7, 11) is 0. The highest BCUT2D eigenvalue weighted by molar-refractivity contribution is 5.56. The SMILES string of the molecule is C=CCC(Nc1ccccc1O)c1ccc(C(F)(F)F)cc1. The van der Waals surface area contributed by atoms with Gasteiger partial charge in [0.2, 0.25) is 0 Å². The molecule has 1 atom stereocenters. The minimum absolute atomic E-state index is 0.0865. The third kappa shape index (κ3) is 3.81. The number of phenolic OH excluding ortho intramolecular Hbond substituents is 1. The predicted molar refractivity (Wildman–Crippen MR) is 80.7 cm³/mol. The van der Waals surface area contributed by atoms with Gasteiger partial charge < -0.3 is 10.4 Å². The molecule has 2 nitrogen and oxygen atoms in total. The first-order valence-electron chi connectivity index (χ1n) is 6.74. The van der Waals surface area contributed by atoms with Crippen LogP contribution in [-0.2, 0) is 6.18 Å². The normalized spacial score (nSPS) is 12.7. The molecule has 2 rings (SSSR count). The van der Waals surface area contributed by atoms with Crippen LogP contribution in [0.2, 0.25) is 0 Å². The highest BCUT2D eigenvalue weighted by Gasteiger charge is 2.30. The molecule has 2 aromatic carbocycles. The Labute approximate surface area is 126 Å². The van der Waals surface area contributed by atoms with Crippen LogP contribution >= 0.6 is 0 Å². The van der Waals surface area contributed by atoms with Gasteiger partial charge in [-0.3, -0.25) is 0 Å². The number of benzene rings is 2. The standard InChI is InChI=1S/C17H16F3NO/c1-2-5-14(21-15-6-3-4-7-16(15)22)12-8-10-13(11-9-12)17(18,19)20/h2-4,6-11,14,21-22H,1,5H2. The number of phenols is 1. The lowest BCUT2D eigenvalue weighted by atomic mass is 10.0. The number of anilines is 1. The van der Waals surface area contributed by atoms with Crippen LogP contribution in [0.15, 0.2) is 61.2 Å². The van der Waals surface area contributed by atoms with E-state index >= 15 is 0 Å². The molecule has 116 valence electrons. The van der Waals surface area contributed by atoms with Crippen molar-refractivity contribution in [2.45, 2.75) is 18.6 Å². The summed E-state index contributed by atoms with van der Waals surface area (Å²) in [6.45, 7) is 3.66. The zero-order chi connectivity index (χ0) is 16.2. The summed E-state index contributed by atoms with van der Waals surface area (Å²) in [5.74, 6) is 0.0865. The van der Waals surface area contributed by atoms with Crippen molar-refractivity contribution in [2.24, 2.45) is 0 Å². The summed E-state index contributed by atoms with van der Waals surface area (Å²) < 4.78 is 37.8. The fraction of sp³-hybridized carbons (Fsp3) is 0.176. The lowest BCUT2D eigenvalue weighted by molar-refractivity contribution is -0.137. The number of para-hydroxylation sites is 2. The smallest absolute Gasteiger partial charge is 0.416 e. The van der Waals surface area contributed by atoms with E-state index in [2.05, 4.69) is 11.9 Å². The van der Waals surface area contributed by atoms with Crippen LogP contribution in [0, 0.1) is 0 Å². The molecular weight excluding hydrogens is 291 g/mol. The molecule has 0 bridgehead atoms. The molecule has 0 radical (unpaired) electrons. The molecule has 0 heterocycles. The Morgan fingerprint density at radius 3 is 2.27 bits per heavy atom. The fourth-order valence-corrected chi connectivity index (χ4v) is 2.13. The number of hydrogen-bond donors (Lipinski definition) is 2. The van der Waals surface area contributed by atoms with Crippen LogP contribution in [0.25, 0.3) is 0 Å². The van der Waals surface area contributed by atoms with Crippen LogP contribution in [0.1, 0.15) is 23.6 Å². The summed E-state index contributed by atoms with van der Waals surface area (Å²) in [4.78, 5) is 0. The van der Waals surface area contributed by atoms with Crippen LogP contribution in [-0.4, -0.2) is 5.11 Å². The number of rotatable bonds is 5. The van der Waals surface area contributed by atoms with E-state index in [1.165, 1.54) is 12.1 Å². The van der Waals surface area contributed by atoms with E-state index in [-0.39, 0.29) is 11.8 Å². The van der Waals surface area contributed by atoms with Gasteiger partial charge in [-0.25, -0.2) is 0 Å². The molecule has 0 aliphatic heterocycles. The summed E-state index contributed by atoms with van der Waals surface area (Å²) in [6.07, 6.45) is -2.16. The molecular formula is C17H16F3NO. The Morgan fingerprint density at radius 2 is 1.73 bits per heavy atom. The first kappa shape index (κ1) is 15.9. The zero-order valence-electron chi connectivity index (χ0n) is 11.8. The maximum Gasteiger partial charge on any atom is 0.416 e. The molecule has 1 unspecified atom stereocenters. The van der Waals surface area contributed by atoms with Crippen molar-refractivity contribution in [3.8, 4) is 5.75 Å². The van der Waals surface area contributed by atoms with E-state index < -0.39 is 11.7 Å². The van der Waals surface area contributed by atoms with Crippen molar-refractivity contribution < 1.29 is 18.3 Å². The Hall–Kier alpha value is -2.43. The van der Waals surface area contributed by atoms with Gasteiger partial charge in [0.1, 0.15) is 5.75 Å². The first-order chi connectivity index (χ1) is 10.4. The molecule has 0 aliphatic carbocycles. The van der Waals surface area contributed by atoms with Gasteiger partial charge in [0.15, 0.2) is 0 Å². The van der Waals surface area contributed by atoms with Crippen LogP contribution in [0.3, 0.4) is 0 Å². The van der Waals surface area contributed by atoms with E-state index in [0.717, 1.165) is 12.1 Å². The molecule has 0 aromatic heterocycles. The van der Waals surface area contributed by atoms with E-state index in [9.17, 15) is 18.3 Å². The highest BCUT2D eigenvalue weighted by Crippen LogP contribution is 2.32. The van der Waals surface area contributed by atoms with Gasteiger partial charge in [0.05, 0.1) is 17.3 Å². The Morgan fingerprint density at radius 1 is 1.09 bits per heavy atom. The molecule has 2 aromatic rings. The van der Waals surface area contributed by atoms with Crippen molar-refractivity contribution in [3.63, 3.8) is 0 Å². The molecule has 0 aliphatic rings. The molecule has 0 spiro atoms. The lowest BCUT2D eigenvalue weighted by Crippen LogP contribution is -2.11. The lowest BCUT2D eigenvalue weighted by Gasteiger charge is -2.20. The summed E-state index contributed by atoms with van der Waals surface area (Å²) >= 11 is 0. The second kappa shape index (κ2) is 6.56. The largest absolute Gasteiger partial charge is 0.506 e. The topological polar surface area (TPSA) is 32.3 Å². The summed E-state index contributed by atoms with van der Waals surface area (Å²) in [5, 5.41) is 12.9. The maximum absolute atomic E-state index is 12.6. The highest BCUT2D eigenvalue weighted by atomic mass is 19.4. The Bertz CT molecular complexity index is 635. The number of aromatic hydroxyl groups is 1. The van der Waals surface area contributed by atoms with E-state index in [0.29, 0.717) is 17.7 Å². The fourth-order valence-electron chi connectivity index (χ4n) is 2.13. The number of hydrogen-bond acceptors (Lipinski definition) is 2. The average molecular weight is 307 g/mol. The minimum atomic E-state index is -4.35. The zero-order valence-corrected chi connectivity index (χ0v) is 11.8. The predicted octanol–water partition coefficient (Wildman–Crippen LogP) is 5.14. The van der Waals surface area contributed by atoms with Crippen molar-refractivity contribution in [1.29, 1.82) is 0 Å². The molecule has 0 saturated carbocycles. The number of halogens is 3. The van der Waals surface area contributed by atoms with Crippen molar-refractivity contribution in [3.05, 3.63) is 72.3 Å².